The second-order valence-corrected chi connectivity index (χ2v) is 11.8. The van der Waals surface area contributed by atoms with Gasteiger partial charge in [0.15, 0.2) is 0 Å². The van der Waals surface area contributed by atoms with Crippen molar-refractivity contribution in [3.8, 4) is 11.1 Å². The van der Waals surface area contributed by atoms with Crippen molar-refractivity contribution in [2.24, 2.45) is 5.92 Å². The predicted molar refractivity (Wildman–Crippen MR) is 161 cm³/mol. The molecular weight excluding hydrogens is 516 g/mol. The Hall–Kier alpha value is -3.42. The molecule has 2 aromatic heterocycles. The van der Waals surface area contributed by atoms with Crippen molar-refractivity contribution in [1.82, 2.24) is 9.80 Å². The summed E-state index contributed by atoms with van der Waals surface area (Å²) in [6.45, 7) is 7.87. The number of piperidine rings is 2. The molecule has 0 aliphatic carbocycles. The molecule has 41 heavy (non-hydrogen) atoms. The Morgan fingerprint density at radius 1 is 1.02 bits per heavy atom. The predicted octanol–water partition coefficient (Wildman–Crippen LogP) is 6.11. The van der Waals surface area contributed by atoms with Gasteiger partial charge in [-0.1, -0.05) is 36.8 Å². The molecule has 2 aliphatic rings. The molecule has 0 radical (unpaired) electrons. The van der Waals surface area contributed by atoms with E-state index in [2.05, 4.69) is 17.0 Å². The summed E-state index contributed by atoms with van der Waals surface area (Å²) in [7, 11) is 1.66. The Bertz CT molecular complexity index is 1600. The van der Waals surface area contributed by atoms with Crippen LogP contribution in [0.25, 0.3) is 33.1 Å². The van der Waals surface area contributed by atoms with Crippen LogP contribution in [0.4, 0.5) is 0 Å². The SMILES string of the molecule is COCCN(C[C@@H]1CCCN2CCCCC12)C(=O)Cc1c(C)c2cc3c(-c4ccccc4)coc3c(C)c2oc1=O. The van der Waals surface area contributed by atoms with Crippen LogP contribution < -0.4 is 5.63 Å². The average Bonchev–Trinajstić information content (AvgIpc) is 3.43. The van der Waals surface area contributed by atoms with Crippen molar-refractivity contribution in [3.63, 3.8) is 0 Å². The van der Waals surface area contributed by atoms with Gasteiger partial charge in [-0.25, -0.2) is 4.79 Å². The molecule has 0 bridgehead atoms. The number of hydrogen-bond acceptors (Lipinski definition) is 6. The fourth-order valence-corrected chi connectivity index (χ4v) is 7.10. The number of hydrogen-bond donors (Lipinski definition) is 0. The summed E-state index contributed by atoms with van der Waals surface area (Å²) in [4.78, 5) is 31.7. The standard InChI is InChI=1S/C34H40N2O5/c1-22-26-18-28-29(24-10-5-4-6-11-24)21-40-32(28)23(2)33(26)41-34(38)27(22)19-31(37)36(16-17-39-3)20-25-12-9-15-35-14-8-7-13-30(25)35/h4-6,10-11,18,21,25,30H,7-9,12-17,19-20H2,1-3H3/t25-,30?/m0/s1. The van der Waals surface area contributed by atoms with E-state index in [4.69, 9.17) is 13.6 Å². The van der Waals surface area contributed by atoms with Crippen LogP contribution in [-0.2, 0) is 16.0 Å². The van der Waals surface area contributed by atoms with Gasteiger partial charge in [-0.2, -0.15) is 0 Å². The zero-order valence-electron chi connectivity index (χ0n) is 24.4. The van der Waals surface area contributed by atoms with Gasteiger partial charge in [0.25, 0.3) is 0 Å². The molecule has 4 aromatic rings. The molecule has 7 nitrogen and oxygen atoms in total. The van der Waals surface area contributed by atoms with Gasteiger partial charge in [-0.05, 0) is 75.7 Å². The number of fused-ring (bicyclic) bond motifs is 3. The lowest BCUT2D eigenvalue weighted by molar-refractivity contribution is -0.132. The Morgan fingerprint density at radius 3 is 2.63 bits per heavy atom. The van der Waals surface area contributed by atoms with Gasteiger partial charge in [0.1, 0.15) is 11.2 Å². The first kappa shape index (κ1) is 27.7. The highest BCUT2D eigenvalue weighted by Gasteiger charge is 2.35. The maximum Gasteiger partial charge on any atom is 0.340 e. The van der Waals surface area contributed by atoms with Crippen LogP contribution in [0.5, 0.6) is 0 Å². The average molecular weight is 557 g/mol. The van der Waals surface area contributed by atoms with Crippen molar-refractivity contribution in [2.45, 2.75) is 58.4 Å². The molecule has 4 heterocycles. The van der Waals surface area contributed by atoms with E-state index >= 15 is 0 Å². The number of carbonyl (C=O) groups is 1. The van der Waals surface area contributed by atoms with Crippen LogP contribution in [0.1, 0.15) is 48.8 Å². The first-order chi connectivity index (χ1) is 20.0. The molecule has 2 aromatic carbocycles. The summed E-state index contributed by atoms with van der Waals surface area (Å²) in [5.41, 5.74) is 4.82. The topological polar surface area (TPSA) is 76.1 Å². The van der Waals surface area contributed by atoms with Crippen LogP contribution in [0.3, 0.4) is 0 Å². The van der Waals surface area contributed by atoms with E-state index < -0.39 is 5.63 Å². The van der Waals surface area contributed by atoms with Crippen LogP contribution in [-0.4, -0.2) is 61.6 Å². The molecule has 2 aliphatic heterocycles. The number of benzene rings is 2. The Kier molecular flexibility index (Phi) is 8.00. The van der Waals surface area contributed by atoms with Gasteiger partial charge in [0.05, 0.1) is 24.9 Å². The van der Waals surface area contributed by atoms with Crippen LogP contribution >= 0.6 is 0 Å². The van der Waals surface area contributed by atoms with Crippen LogP contribution in [0.15, 0.2) is 56.3 Å². The molecule has 0 N–H and O–H groups in total. The highest BCUT2D eigenvalue weighted by Crippen LogP contribution is 2.37. The van der Waals surface area contributed by atoms with E-state index in [1.807, 2.05) is 43.0 Å². The number of nitrogens with zero attached hydrogens (tertiary/aromatic N) is 2. The third-order valence-electron chi connectivity index (χ3n) is 9.36. The molecule has 0 saturated carbocycles. The number of rotatable bonds is 8. The number of methoxy groups -OCH3 is 1. The molecule has 6 rings (SSSR count). The molecule has 2 atom stereocenters. The highest BCUT2D eigenvalue weighted by molar-refractivity contribution is 6.05. The lowest BCUT2D eigenvalue weighted by Crippen LogP contribution is -2.52. The second kappa shape index (κ2) is 11.8. The molecule has 2 fully saturated rings. The molecule has 2 saturated heterocycles. The minimum absolute atomic E-state index is 0.0168. The number of aryl methyl sites for hydroxylation is 2. The molecule has 7 heteroatoms. The quantitative estimate of drug-likeness (QED) is 0.244. The molecule has 1 unspecified atom stereocenters. The first-order valence-electron chi connectivity index (χ1n) is 15.0. The zero-order valence-corrected chi connectivity index (χ0v) is 24.4. The summed E-state index contributed by atoms with van der Waals surface area (Å²) >= 11 is 0. The zero-order chi connectivity index (χ0) is 28.5. The van der Waals surface area contributed by atoms with Gasteiger partial charge in [-0.15, -0.1) is 0 Å². The number of furan rings is 1. The van der Waals surface area contributed by atoms with E-state index in [0.29, 0.717) is 48.4 Å². The Balaban J connectivity index is 1.32. The molecule has 1 amide bonds. The summed E-state index contributed by atoms with van der Waals surface area (Å²) in [5.74, 6) is 0.406. The van der Waals surface area contributed by atoms with Crippen molar-refractivity contribution in [2.75, 3.05) is 39.9 Å². The molecule has 216 valence electrons. The maximum atomic E-state index is 13.8. The third kappa shape index (κ3) is 5.33. The van der Waals surface area contributed by atoms with Gasteiger partial charge in [-0.3, -0.25) is 4.79 Å². The van der Waals surface area contributed by atoms with Gasteiger partial charge in [0.2, 0.25) is 5.91 Å². The van der Waals surface area contributed by atoms with E-state index in [9.17, 15) is 9.59 Å². The fraction of sp³-hybridized carbons (Fsp3) is 0.471. The Morgan fingerprint density at radius 2 is 1.83 bits per heavy atom. The second-order valence-electron chi connectivity index (χ2n) is 11.8. The number of amides is 1. The van der Waals surface area contributed by atoms with E-state index in [1.165, 1.54) is 38.8 Å². The summed E-state index contributed by atoms with van der Waals surface area (Å²) < 4.78 is 17.2. The smallest absolute Gasteiger partial charge is 0.340 e. The highest BCUT2D eigenvalue weighted by atomic mass is 16.5. The fourth-order valence-electron chi connectivity index (χ4n) is 7.10. The van der Waals surface area contributed by atoms with Gasteiger partial charge in [0, 0.05) is 48.1 Å². The minimum atomic E-state index is -0.455. The number of carbonyl (C=O) groups excluding carboxylic acids is 1. The van der Waals surface area contributed by atoms with Crippen molar-refractivity contribution < 1.29 is 18.4 Å². The van der Waals surface area contributed by atoms with Gasteiger partial charge >= 0.3 is 5.63 Å². The largest absolute Gasteiger partial charge is 0.463 e. The van der Waals surface area contributed by atoms with E-state index in [0.717, 1.165) is 39.4 Å². The van der Waals surface area contributed by atoms with E-state index in [1.54, 1.807) is 13.4 Å². The normalized spacial score (nSPS) is 19.5. The summed E-state index contributed by atoms with van der Waals surface area (Å²) in [5, 5.41) is 1.80. The summed E-state index contributed by atoms with van der Waals surface area (Å²) in [6, 6.07) is 12.7. The lowest BCUT2D eigenvalue weighted by Gasteiger charge is -2.45. The van der Waals surface area contributed by atoms with Crippen LogP contribution in [0, 0.1) is 19.8 Å². The van der Waals surface area contributed by atoms with Gasteiger partial charge < -0.3 is 23.4 Å². The minimum Gasteiger partial charge on any atom is -0.463 e. The van der Waals surface area contributed by atoms with Crippen molar-refractivity contribution in [1.29, 1.82) is 0 Å². The van der Waals surface area contributed by atoms with Crippen molar-refractivity contribution in [3.05, 3.63) is 69.8 Å². The Labute approximate surface area is 241 Å². The molecule has 0 spiro atoms. The number of ether oxygens (including phenoxy) is 1. The third-order valence-corrected chi connectivity index (χ3v) is 9.36. The molecular formula is C34H40N2O5. The van der Waals surface area contributed by atoms with E-state index in [-0.39, 0.29) is 12.3 Å². The van der Waals surface area contributed by atoms with Crippen LogP contribution in [0.2, 0.25) is 0 Å². The first-order valence-corrected chi connectivity index (χ1v) is 15.0. The van der Waals surface area contributed by atoms with Crippen molar-refractivity contribution >= 4 is 27.8 Å². The maximum absolute atomic E-state index is 13.8. The lowest BCUT2D eigenvalue weighted by atomic mass is 9.83. The summed E-state index contributed by atoms with van der Waals surface area (Å²) in [6.07, 6.45) is 7.82. The monoisotopic (exact) mass is 556 g/mol.